The Hall–Kier alpha value is -0.220. The molecule has 0 aromatic heterocycles. The predicted octanol–water partition coefficient (Wildman–Crippen LogP) is 2.57. The van der Waals surface area contributed by atoms with Gasteiger partial charge in [-0.25, -0.2) is 0 Å². The van der Waals surface area contributed by atoms with Gasteiger partial charge in [0.15, 0.2) is 0 Å². The molecule has 3 nitrogen and oxygen atoms in total. The van der Waals surface area contributed by atoms with E-state index in [1.54, 1.807) is 0 Å². The minimum atomic E-state index is -0.00620. The van der Waals surface area contributed by atoms with E-state index in [0.29, 0.717) is 23.8 Å². The maximum absolute atomic E-state index is 12.6. The molecule has 4 heteroatoms. The van der Waals surface area contributed by atoms with Gasteiger partial charge >= 0.3 is 0 Å². The highest BCUT2D eigenvalue weighted by Crippen LogP contribution is 2.26. The number of thioether (sulfide) groups is 1. The molecule has 0 spiro atoms. The van der Waals surface area contributed by atoms with Crippen molar-refractivity contribution in [3.05, 3.63) is 0 Å². The van der Waals surface area contributed by atoms with E-state index in [1.807, 2.05) is 11.8 Å². The molecule has 1 N–H and O–H groups in total. The number of hydrogen-bond donors (Lipinski definition) is 1. The lowest BCUT2D eigenvalue weighted by Gasteiger charge is -2.34. The topological polar surface area (TPSA) is 32.3 Å². The van der Waals surface area contributed by atoms with E-state index in [0.717, 1.165) is 12.2 Å². The van der Waals surface area contributed by atoms with Crippen molar-refractivity contribution in [2.75, 3.05) is 12.0 Å². The number of carbonyl (C=O) groups excluding carboxylic acids is 1. The zero-order chi connectivity index (χ0) is 13.9. The third-order valence-corrected chi connectivity index (χ3v) is 4.41. The van der Waals surface area contributed by atoms with E-state index in [-0.39, 0.29) is 12.2 Å². The van der Waals surface area contributed by atoms with Crippen molar-refractivity contribution in [1.29, 1.82) is 0 Å². The molecule has 1 amide bonds. The van der Waals surface area contributed by atoms with E-state index in [2.05, 4.69) is 51.1 Å². The SMILES string of the molecule is CCC(CSC)N1C(=O)C(C(C)C)NC1C(C)C. The van der Waals surface area contributed by atoms with Crippen LogP contribution in [-0.4, -0.2) is 41.1 Å². The Morgan fingerprint density at radius 3 is 2.28 bits per heavy atom. The molecule has 3 atom stereocenters. The largest absolute Gasteiger partial charge is 0.322 e. The summed E-state index contributed by atoms with van der Waals surface area (Å²) in [5.74, 6) is 2.13. The van der Waals surface area contributed by atoms with E-state index in [4.69, 9.17) is 0 Å². The Morgan fingerprint density at radius 2 is 1.89 bits per heavy atom. The first kappa shape index (κ1) is 15.8. The predicted molar refractivity (Wildman–Crippen MR) is 79.7 cm³/mol. The molecule has 0 aromatic rings. The van der Waals surface area contributed by atoms with Gasteiger partial charge in [-0.15, -0.1) is 0 Å². The molecule has 1 saturated heterocycles. The minimum absolute atomic E-state index is 0.00620. The highest BCUT2D eigenvalue weighted by Gasteiger charge is 2.43. The first-order valence-electron chi connectivity index (χ1n) is 7.01. The maximum atomic E-state index is 12.6. The van der Waals surface area contributed by atoms with E-state index in [9.17, 15) is 4.79 Å². The third-order valence-electron chi connectivity index (χ3n) is 3.69. The Balaban J connectivity index is 2.92. The second-order valence-corrected chi connectivity index (χ2v) is 6.75. The van der Waals surface area contributed by atoms with Crippen LogP contribution >= 0.6 is 11.8 Å². The van der Waals surface area contributed by atoms with E-state index in [1.165, 1.54) is 0 Å². The monoisotopic (exact) mass is 272 g/mol. The number of carbonyl (C=O) groups is 1. The minimum Gasteiger partial charge on any atom is -0.322 e. The van der Waals surface area contributed by atoms with Crippen LogP contribution in [0.5, 0.6) is 0 Å². The van der Waals surface area contributed by atoms with Gasteiger partial charge in [-0.2, -0.15) is 11.8 Å². The number of rotatable bonds is 6. The average molecular weight is 272 g/mol. The molecule has 1 heterocycles. The van der Waals surface area contributed by atoms with Gasteiger partial charge in [0.2, 0.25) is 5.91 Å². The van der Waals surface area contributed by atoms with Gasteiger partial charge in [-0.1, -0.05) is 34.6 Å². The summed E-state index contributed by atoms with van der Waals surface area (Å²) >= 11 is 1.82. The smallest absolute Gasteiger partial charge is 0.241 e. The molecule has 1 rings (SSSR count). The summed E-state index contributed by atoms with van der Waals surface area (Å²) in [7, 11) is 0. The van der Waals surface area contributed by atoms with Crippen molar-refractivity contribution in [2.24, 2.45) is 11.8 Å². The van der Waals surface area contributed by atoms with Crippen LogP contribution in [0, 0.1) is 11.8 Å². The van der Waals surface area contributed by atoms with Gasteiger partial charge in [0.05, 0.1) is 12.2 Å². The van der Waals surface area contributed by atoms with Crippen LogP contribution in [0.3, 0.4) is 0 Å². The second kappa shape index (κ2) is 6.80. The summed E-state index contributed by atoms with van der Waals surface area (Å²) in [5.41, 5.74) is 0. The molecule has 0 bridgehead atoms. The quantitative estimate of drug-likeness (QED) is 0.806. The van der Waals surface area contributed by atoms with Crippen LogP contribution in [0.1, 0.15) is 41.0 Å². The van der Waals surface area contributed by atoms with Crippen LogP contribution in [0.2, 0.25) is 0 Å². The molecule has 18 heavy (non-hydrogen) atoms. The Bertz CT molecular complexity index is 281. The fourth-order valence-corrected chi connectivity index (χ4v) is 3.40. The first-order chi connectivity index (χ1) is 8.43. The van der Waals surface area contributed by atoms with Crippen molar-refractivity contribution < 1.29 is 4.79 Å². The normalized spacial score (nSPS) is 26.4. The third kappa shape index (κ3) is 3.21. The van der Waals surface area contributed by atoms with Crippen molar-refractivity contribution in [3.63, 3.8) is 0 Å². The van der Waals surface area contributed by atoms with Crippen molar-refractivity contribution in [1.82, 2.24) is 10.2 Å². The Morgan fingerprint density at radius 1 is 1.28 bits per heavy atom. The van der Waals surface area contributed by atoms with Gasteiger partial charge < -0.3 is 4.90 Å². The summed E-state index contributed by atoms with van der Waals surface area (Å²) in [6.07, 6.45) is 3.34. The molecule has 0 aromatic carbocycles. The number of nitrogens with zero attached hydrogens (tertiary/aromatic N) is 1. The lowest BCUT2D eigenvalue weighted by atomic mass is 10.0. The average Bonchev–Trinajstić information content (AvgIpc) is 2.64. The summed E-state index contributed by atoms with van der Waals surface area (Å²) < 4.78 is 0. The second-order valence-electron chi connectivity index (χ2n) is 5.84. The summed E-state index contributed by atoms with van der Waals surface area (Å²) in [6.45, 7) is 10.8. The molecule has 1 aliphatic heterocycles. The lowest BCUT2D eigenvalue weighted by molar-refractivity contribution is -0.133. The molecular weight excluding hydrogens is 244 g/mol. The molecular formula is C14H28N2OS. The molecule has 3 unspecified atom stereocenters. The van der Waals surface area contributed by atoms with Gasteiger partial charge in [0, 0.05) is 11.8 Å². The molecule has 106 valence electrons. The van der Waals surface area contributed by atoms with Gasteiger partial charge in [0.25, 0.3) is 0 Å². The number of nitrogens with one attached hydrogen (secondary N) is 1. The van der Waals surface area contributed by atoms with Gasteiger partial charge in [-0.3, -0.25) is 10.1 Å². The van der Waals surface area contributed by atoms with Crippen LogP contribution in [0.15, 0.2) is 0 Å². The molecule has 0 radical (unpaired) electrons. The van der Waals surface area contributed by atoms with Crippen molar-refractivity contribution >= 4 is 17.7 Å². The fraction of sp³-hybridized carbons (Fsp3) is 0.929. The fourth-order valence-electron chi connectivity index (χ4n) is 2.62. The Kier molecular flexibility index (Phi) is 5.99. The van der Waals surface area contributed by atoms with E-state index < -0.39 is 0 Å². The maximum Gasteiger partial charge on any atom is 0.241 e. The van der Waals surface area contributed by atoms with Crippen molar-refractivity contribution in [3.8, 4) is 0 Å². The highest BCUT2D eigenvalue weighted by atomic mass is 32.2. The number of hydrogen-bond acceptors (Lipinski definition) is 3. The standard InChI is InChI=1S/C14H28N2OS/c1-7-11(8-18-6)16-13(10(4)5)15-12(9(2)3)14(16)17/h9-13,15H,7-8H2,1-6H3. The summed E-state index contributed by atoms with van der Waals surface area (Å²) in [6, 6.07) is 0.351. The van der Waals surface area contributed by atoms with E-state index >= 15 is 0 Å². The Labute approximate surface area is 116 Å². The summed E-state index contributed by atoms with van der Waals surface area (Å²) in [4.78, 5) is 14.7. The molecule has 0 saturated carbocycles. The number of amides is 1. The zero-order valence-corrected chi connectivity index (χ0v) is 13.4. The van der Waals surface area contributed by atoms with Crippen LogP contribution in [0.4, 0.5) is 0 Å². The van der Waals surface area contributed by atoms with Crippen molar-refractivity contribution in [2.45, 2.75) is 59.3 Å². The summed E-state index contributed by atoms with van der Waals surface area (Å²) in [5, 5.41) is 3.53. The van der Waals surface area contributed by atoms with Crippen LogP contribution in [0.25, 0.3) is 0 Å². The van der Waals surface area contributed by atoms with Gasteiger partial charge in [-0.05, 0) is 24.5 Å². The zero-order valence-electron chi connectivity index (χ0n) is 12.6. The highest BCUT2D eigenvalue weighted by molar-refractivity contribution is 7.98. The first-order valence-corrected chi connectivity index (χ1v) is 8.40. The molecule has 1 aliphatic rings. The van der Waals surface area contributed by atoms with Crippen LogP contribution < -0.4 is 5.32 Å². The van der Waals surface area contributed by atoms with Gasteiger partial charge in [0.1, 0.15) is 0 Å². The van der Waals surface area contributed by atoms with Crippen LogP contribution in [-0.2, 0) is 4.79 Å². The molecule has 0 aliphatic carbocycles. The molecule has 1 fully saturated rings. The lowest BCUT2D eigenvalue weighted by Crippen LogP contribution is -2.48.